The zero-order valence-corrected chi connectivity index (χ0v) is 21.9. The van der Waals surface area contributed by atoms with Crippen molar-refractivity contribution < 1.29 is 4.74 Å². The van der Waals surface area contributed by atoms with Crippen LogP contribution in [0.3, 0.4) is 0 Å². The summed E-state index contributed by atoms with van der Waals surface area (Å²) in [7, 11) is 2.22. The third-order valence-corrected chi connectivity index (χ3v) is 7.48. The minimum atomic E-state index is 0.289. The molecule has 2 saturated heterocycles. The van der Waals surface area contributed by atoms with E-state index in [1.165, 1.54) is 44.6 Å². The van der Waals surface area contributed by atoms with E-state index in [1.807, 2.05) is 12.4 Å². The number of piperazine rings is 1. The van der Waals surface area contributed by atoms with Gasteiger partial charge in [0.05, 0.1) is 18.5 Å². The normalized spacial score (nSPS) is 18.2. The SMILES string of the molecule is CCCCOc1nc(N)c2ncc(Cc3cnc(N4CCC(N5CCN(C)CC5)CC4)c(C)c3)n2n1. The third-order valence-electron chi connectivity index (χ3n) is 7.48. The van der Waals surface area contributed by atoms with E-state index in [1.54, 1.807) is 4.52 Å². The van der Waals surface area contributed by atoms with Crippen molar-refractivity contribution in [2.75, 3.05) is 63.6 Å². The van der Waals surface area contributed by atoms with Crippen molar-refractivity contribution in [3.63, 3.8) is 0 Å². The van der Waals surface area contributed by atoms with Crippen molar-refractivity contribution in [1.82, 2.24) is 34.4 Å². The van der Waals surface area contributed by atoms with E-state index in [0.717, 1.165) is 43.0 Å². The van der Waals surface area contributed by atoms with Gasteiger partial charge in [0.15, 0.2) is 11.5 Å². The van der Waals surface area contributed by atoms with Crippen LogP contribution >= 0.6 is 0 Å². The number of rotatable bonds is 8. The van der Waals surface area contributed by atoms with Crippen LogP contribution in [-0.2, 0) is 6.42 Å². The molecule has 2 fully saturated rings. The number of aryl methyl sites for hydroxylation is 1. The predicted octanol–water partition coefficient (Wildman–Crippen LogP) is 2.40. The number of imidazole rings is 1. The Labute approximate surface area is 213 Å². The Hall–Kier alpha value is -2.98. The Balaban J connectivity index is 1.24. The number of nitrogen functional groups attached to an aromatic ring is 1. The molecule has 2 N–H and O–H groups in total. The largest absolute Gasteiger partial charge is 0.462 e. The monoisotopic (exact) mass is 493 g/mol. The number of ether oxygens (including phenoxy) is 1. The molecule has 2 aliphatic rings. The molecular weight excluding hydrogens is 454 g/mol. The molecule has 10 nitrogen and oxygen atoms in total. The van der Waals surface area contributed by atoms with E-state index >= 15 is 0 Å². The number of hydrogen-bond donors (Lipinski definition) is 1. The van der Waals surface area contributed by atoms with Gasteiger partial charge in [0.25, 0.3) is 0 Å². The molecule has 10 heteroatoms. The number of anilines is 2. The van der Waals surface area contributed by atoms with Crippen LogP contribution < -0.4 is 15.4 Å². The van der Waals surface area contributed by atoms with Gasteiger partial charge in [-0.3, -0.25) is 4.90 Å². The van der Waals surface area contributed by atoms with Crippen LogP contribution in [0.5, 0.6) is 6.01 Å². The first kappa shape index (κ1) is 24.7. The number of unbranched alkanes of at least 4 members (excludes halogenated alkanes) is 1. The van der Waals surface area contributed by atoms with Gasteiger partial charge in [0.1, 0.15) is 5.82 Å². The molecule has 5 rings (SSSR count). The van der Waals surface area contributed by atoms with Crippen molar-refractivity contribution in [2.24, 2.45) is 0 Å². The number of likely N-dealkylation sites (N-methyl/N-ethyl adjacent to an activating group) is 1. The Morgan fingerprint density at radius 1 is 1.06 bits per heavy atom. The van der Waals surface area contributed by atoms with Gasteiger partial charge in [-0.05, 0) is 44.4 Å². The molecule has 3 aromatic rings. The highest BCUT2D eigenvalue weighted by molar-refractivity contribution is 5.60. The van der Waals surface area contributed by atoms with Gasteiger partial charge in [-0.15, -0.1) is 5.10 Å². The highest BCUT2D eigenvalue weighted by Crippen LogP contribution is 2.26. The first-order chi connectivity index (χ1) is 17.5. The fourth-order valence-electron chi connectivity index (χ4n) is 5.31. The van der Waals surface area contributed by atoms with E-state index in [0.29, 0.717) is 30.5 Å². The highest BCUT2D eigenvalue weighted by atomic mass is 16.5. The van der Waals surface area contributed by atoms with Crippen LogP contribution in [0.1, 0.15) is 49.4 Å². The van der Waals surface area contributed by atoms with Gasteiger partial charge in [-0.25, -0.2) is 14.5 Å². The van der Waals surface area contributed by atoms with E-state index in [9.17, 15) is 0 Å². The van der Waals surface area contributed by atoms with Crippen LogP contribution in [0.4, 0.5) is 11.6 Å². The van der Waals surface area contributed by atoms with Crippen molar-refractivity contribution >= 4 is 17.3 Å². The molecule has 0 atom stereocenters. The van der Waals surface area contributed by atoms with Gasteiger partial charge in [-0.1, -0.05) is 19.4 Å². The smallest absolute Gasteiger partial charge is 0.336 e. The highest BCUT2D eigenvalue weighted by Gasteiger charge is 2.27. The number of piperidine rings is 1. The summed E-state index contributed by atoms with van der Waals surface area (Å²) in [5, 5.41) is 4.53. The van der Waals surface area contributed by atoms with Gasteiger partial charge in [-0.2, -0.15) is 4.98 Å². The molecule has 0 aromatic carbocycles. The van der Waals surface area contributed by atoms with Crippen LogP contribution in [0.15, 0.2) is 18.5 Å². The summed E-state index contributed by atoms with van der Waals surface area (Å²) in [5.74, 6) is 1.43. The van der Waals surface area contributed by atoms with E-state index in [2.05, 4.69) is 56.7 Å². The molecule has 194 valence electrons. The maximum Gasteiger partial charge on any atom is 0.336 e. The Bertz CT molecular complexity index is 1160. The average molecular weight is 494 g/mol. The molecule has 0 saturated carbocycles. The summed E-state index contributed by atoms with van der Waals surface area (Å²) in [6.45, 7) is 11.7. The third kappa shape index (κ3) is 5.39. The molecular formula is C26H39N9O. The van der Waals surface area contributed by atoms with Crippen LogP contribution in [0.2, 0.25) is 0 Å². The van der Waals surface area contributed by atoms with Crippen LogP contribution in [0.25, 0.3) is 5.65 Å². The second-order valence-electron chi connectivity index (χ2n) is 10.2. The second kappa shape index (κ2) is 11.0. The zero-order valence-electron chi connectivity index (χ0n) is 21.9. The number of hydrogen-bond acceptors (Lipinski definition) is 9. The van der Waals surface area contributed by atoms with E-state index in [-0.39, 0.29) is 6.01 Å². The number of nitrogens with two attached hydrogens (primary N) is 1. The minimum Gasteiger partial charge on any atom is -0.462 e. The lowest BCUT2D eigenvalue weighted by Crippen LogP contribution is -2.52. The second-order valence-corrected chi connectivity index (χ2v) is 10.2. The van der Waals surface area contributed by atoms with Crippen molar-refractivity contribution in [3.8, 4) is 6.01 Å². The summed E-state index contributed by atoms with van der Waals surface area (Å²) in [5.41, 5.74) is 9.93. The molecule has 0 aliphatic carbocycles. The first-order valence-electron chi connectivity index (χ1n) is 13.3. The maximum atomic E-state index is 6.12. The Morgan fingerprint density at radius 3 is 2.56 bits per heavy atom. The van der Waals surface area contributed by atoms with Crippen LogP contribution in [0, 0.1) is 6.92 Å². The van der Waals surface area contributed by atoms with Gasteiger partial charge >= 0.3 is 6.01 Å². The summed E-state index contributed by atoms with van der Waals surface area (Å²) in [6, 6.07) is 3.23. The van der Waals surface area contributed by atoms with Crippen molar-refractivity contribution in [1.29, 1.82) is 0 Å². The molecule has 0 radical (unpaired) electrons. The van der Waals surface area contributed by atoms with E-state index in [4.69, 9.17) is 15.5 Å². The maximum absolute atomic E-state index is 6.12. The lowest BCUT2D eigenvalue weighted by atomic mass is 10.0. The number of aromatic nitrogens is 5. The molecule has 5 heterocycles. The topological polar surface area (TPSA) is 101 Å². The summed E-state index contributed by atoms with van der Waals surface area (Å²) < 4.78 is 7.44. The quantitative estimate of drug-likeness (QED) is 0.474. The van der Waals surface area contributed by atoms with Gasteiger partial charge < -0.3 is 20.3 Å². The lowest BCUT2D eigenvalue weighted by molar-refractivity contribution is 0.0981. The van der Waals surface area contributed by atoms with Crippen molar-refractivity contribution in [2.45, 2.75) is 52.0 Å². The number of fused-ring (bicyclic) bond motifs is 1. The molecule has 3 aromatic heterocycles. The van der Waals surface area contributed by atoms with E-state index < -0.39 is 0 Å². The fourth-order valence-corrected chi connectivity index (χ4v) is 5.31. The standard InChI is InChI=1S/C26H39N9O/c1-4-5-14-36-26-30-23(27)25-29-18-22(35(25)31-26)16-20-15-19(2)24(28-17-20)34-8-6-21(7-9-34)33-12-10-32(3)11-13-33/h15,17-18,21H,4-14,16H2,1-3H3,(H2,27,30,31). The van der Waals surface area contributed by atoms with Gasteiger partial charge in [0, 0.05) is 57.9 Å². The minimum absolute atomic E-state index is 0.289. The molecule has 0 spiro atoms. The number of pyridine rings is 1. The number of nitrogens with zero attached hydrogens (tertiary/aromatic N) is 8. The van der Waals surface area contributed by atoms with Crippen LogP contribution in [-0.4, -0.2) is 93.3 Å². The molecule has 36 heavy (non-hydrogen) atoms. The lowest BCUT2D eigenvalue weighted by Gasteiger charge is -2.42. The average Bonchev–Trinajstić information content (AvgIpc) is 3.28. The first-order valence-corrected chi connectivity index (χ1v) is 13.3. The predicted molar refractivity (Wildman–Crippen MR) is 142 cm³/mol. The Morgan fingerprint density at radius 2 is 1.83 bits per heavy atom. The zero-order chi connectivity index (χ0) is 25.1. The fraction of sp³-hybridized carbons (Fsp3) is 0.615. The molecule has 0 amide bonds. The molecule has 0 unspecified atom stereocenters. The summed E-state index contributed by atoms with van der Waals surface area (Å²) >= 11 is 0. The van der Waals surface area contributed by atoms with Gasteiger partial charge in [0.2, 0.25) is 0 Å². The summed E-state index contributed by atoms with van der Waals surface area (Å²) in [4.78, 5) is 21.1. The molecule has 2 aliphatic heterocycles. The molecule has 0 bridgehead atoms. The Kier molecular flexibility index (Phi) is 7.52. The summed E-state index contributed by atoms with van der Waals surface area (Å²) in [6.07, 6.45) is 8.86. The van der Waals surface area contributed by atoms with Crippen molar-refractivity contribution in [3.05, 3.63) is 35.3 Å².